The molecule has 0 saturated carbocycles. The summed E-state index contributed by atoms with van der Waals surface area (Å²) in [5, 5.41) is 6.09. The minimum atomic E-state index is -0.0723. The van der Waals surface area contributed by atoms with E-state index in [1.807, 2.05) is 74.5 Å². The van der Waals surface area contributed by atoms with Gasteiger partial charge in [0.2, 0.25) is 5.91 Å². The van der Waals surface area contributed by atoms with Gasteiger partial charge in [0.15, 0.2) is 0 Å². The molecule has 3 rings (SSSR count). The molecule has 0 bridgehead atoms. The molecular formula is C24H26N2O2. The Labute approximate surface area is 166 Å². The van der Waals surface area contributed by atoms with Gasteiger partial charge in [0.05, 0.1) is 13.2 Å². The van der Waals surface area contributed by atoms with Crippen molar-refractivity contribution in [2.24, 2.45) is 0 Å². The molecule has 0 saturated heterocycles. The van der Waals surface area contributed by atoms with Gasteiger partial charge in [-0.2, -0.15) is 0 Å². The maximum atomic E-state index is 12.2. The standard InChI is InChI=1S/C24H26N2O2/c1-18-8-9-19(2)23(16-18)26-24(27)17-25-21-10-12-22(13-11-21)28-15-14-20-6-4-3-5-7-20/h3-13,16,25H,14-15,17H2,1-2H3,(H,26,27). The fourth-order valence-electron chi connectivity index (χ4n) is 2.85. The molecule has 0 aliphatic carbocycles. The number of ether oxygens (including phenoxy) is 1. The Kier molecular flexibility index (Phi) is 6.68. The summed E-state index contributed by atoms with van der Waals surface area (Å²) < 4.78 is 5.79. The van der Waals surface area contributed by atoms with Crippen molar-refractivity contribution in [2.45, 2.75) is 20.3 Å². The molecule has 28 heavy (non-hydrogen) atoms. The van der Waals surface area contributed by atoms with Crippen molar-refractivity contribution in [1.29, 1.82) is 0 Å². The van der Waals surface area contributed by atoms with E-state index < -0.39 is 0 Å². The maximum Gasteiger partial charge on any atom is 0.243 e. The largest absolute Gasteiger partial charge is 0.493 e. The van der Waals surface area contributed by atoms with Gasteiger partial charge in [0.1, 0.15) is 5.75 Å². The monoisotopic (exact) mass is 374 g/mol. The Bertz CT molecular complexity index is 906. The van der Waals surface area contributed by atoms with Crippen molar-refractivity contribution in [2.75, 3.05) is 23.8 Å². The fraction of sp³-hybridized carbons (Fsp3) is 0.208. The summed E-state index contributed by atoms with van der Waals surface area (Å²) in [6, 6.07) is 24.0. The van der Waals surface area contributed by atoms with Gasteiger partial charge in [-0.15, -0.1) is 0 Å². The molecule has 0 unspecified atom stereocenters. The third kappa shape index (κ3) is 5.88. The van der Waals surface area contributed by atoms with Crippen LogP contribution in [0.4, 0.5) is 11.4 Å². The van der Waals surface area contributed by atoms with Crippen molar-refractivity contribution >= 4 is 17.3 Å². The van der Waals surface area contributed by atoms with E-state index in [1.165, 1.54) is 5.56 Å². The van der Waals surface area contributed by atoms with E-state index in [4.69, 9.17) is 4.74 Å². The zero-order valence-electron chi connectivity index (χ0n) is 16.4. The van der Waals surface area contributed by atoms with E-state index in [2.05, 4.69) is 22.8 Å². The van der Waals surface area contributed by atoms with Gasteiger partial charge in [-0.1, -0.05) is 42.5 Å². The predicted molar refractivity (Wildman–Crippen MR) is 115 cm³/mol. The molecule has 144 valence electrons. The molecule has 2 N–H and O–H groups in total. The molecule has 0 spiro atoms. The van der Waals surface area contributed by atoms with E-state index >= 15 is 0 Å². The van der Waals surface area contributed by atoms with Gasteiger partial charge >= 0.3 is 0 Å². The lowest BCUT2D eigenvalue weighted by Gasteiger charge is -2.11. The Morgan fingerprint density at radius 3 is 2.43 bits per heavy atom. The number of carbonyl (C=O) groups excluding carboxylic acids is 1. The zero-order chi connectivity index (χ0) is 19.8. The third-order valence-corrected chi connectivity index (χ3v) is 4.48. The minimum Gasteiger partial charge on any atom is -0.493 e. The molecule has 4 nitrogen and oxygen atoms in total. The summed E-state index contributed by atoms with van der Waals surface area (Å²) in [6.07, 6.45) is 0.874. The number of anilines is 2. The first-order valence-corrected chi connectivity index (χ1v) is 9.48. The van der Waals surface area contributed by atoms with E-state index in [9.17, 15) is 4.79 Å². The second-order valence-electron chi connectivity index (χ2n) is 6.83. The SMILES string of the molecule is Cc1ccc(C)c(NC(=O)CNc2ccc(OCCc3ccccc3)cc2)c1. The van der Waals surface area contributed by atoms with Crippen molar-refractivity contribution < 1.29 is 9.53 Å². The molecule has 3 aromatic carbocycles. The maximum absolute atomic E-state index is 12.2. The average Bonchev–Trinajstić information content (AvgIpc) is 2.71. The third-order valence-electron chi connectivity index (χ3n) is 4.48. The van der Waals surface area contributed by atoms with Crippen LogP contribution in [0, 0.1) is 13.8 Å². The highest BCUT2D eigenvalue weighted by atomic mass is 16.5. The lowest BCUT2D eigenvalue weighted by molar-refractivity contribution is -0.114. The lowest BCUT2D eigenvalue weighted by Crippen LogP contribution is -2.22. The number of aryl methyl sites for hydroxylation is 2. The number of hydrogen-bond acceptors (Lipinski definition) is 3. The molecule has 4 heteroatoms. The second kappa shape index (κ2) is 9.60. The van der Waals surface area contributed by atoms with Crippen LogP contribution in [0.3, 0.4) is 0 Å². The Hall–Kier alpha value is -3.27. The first-order valence-electron chi connectivity index (χ1n) is 9.48. The normalized spacial score (nSPS) is 10.4. The zero-order valence-corrected chi connectivity index (χ0v) is 16.4. The fourth-order valence-corrected chi connectivity index (χ4v) is 2.85. The summed E-state index contributed by atoms with van der Waals surface area (Å²) in [5.74, 6) is 0.748. The van der Waals surface area contributed by atoms with Crippen molar-refractivity contribution in [3.63, 3.8) is 0 Å². The van der Waals surface area contributed by atoms with E-state index in [1.54, 1.807) is 0 Å². The number of carbonyl (C=O) groups is 1. The second-order valence-corrected chi connectivity index (χ2v) is 6.83. The van der Waals surface area contributed by atoms with Crippen LogP contribution < -0.4 is 15.4 Å². The van der Waals surface area contributed by atoms with Crippen LogP contribution in [0.1, 0.15) is 16.7 Å². The molecule has 0 fully saturated rings. The molecule has 3 aromatic rings. The topological polar surface area (TPSA) is 50.4 Å². The highest BCUT2D eigenvalue weighted by Crippen LogP contribution is 2.18. The van der Waals surface area contributed by atoms with Gasteiger partial charge in [-0.25, -0.2) is 0 Å². The van der Waals surface area contributed by atoms with Gasteiger partial charge < -0.3 is 15.4 Å². The number of amides is 1. The van der Waals surface area contributed by atoms with Crippen LogP contribution in [0.5, 0.6) is 5.75 Å². The summed E-state index contributed by atoms with van der Waals surface area (Å²) in [6.45, 7) is 4.84. The van der Waals surface area contributed by atoms with Gasteiger partial charge in [0, 0.05) is 17.8 Å². The summed E-state index contributed by atoms with van der Waals surface area (Å²) >= 11 is 0. The smallest absolute Gasteiger partial charge is 0.243 e. The first-order chi connectivity index (χ1) is 13.6. The molecule has 0 aliphatic heterocycles. The lowest BCUT2D eigenvalue weighted by atomic mass is 10.1. The number of rotatable bonds is 8. The summed E-state index contributed by atoms with van der Waals surface area (Å²) in [7, 11) is 0. The average molecular weight is 374 g/mol. The molecule has 1 amide bonds. The molecule has 0 radical (unpaired) electrons. The van der Waals surface area contributed by atoms with Gasteiger partial charge in [0.25, 0.3) is 0 Å². The van der Waals surface area contributed by atoms with Crippen LogP contribution in [0.25, 0.3) is 0 Å². The van der Waals surface area contributed by atoms with Crippen LogP contribution in [-0.2, 0) is 11.2 Å². The quantitative estimate of drug-likeness (QED) is 0.585. The predicted octanol–water partition coefficient (Wildman–Crippen LogP) is 4.98. The molecule has 0 aliphatic rings. The van der Waals surface area contributed by atoms with Gasteiger partial charge in [-0.3, -0.25) is 4.79 Å². The van der Waals surface area contributed by atoms with E-state index in [0.717, 1.165) is 34.7 Å². The summed E-state index contributed by atoms with van der Waals surface area (Å²) in [4.78, 5) is 12.2. The Morgan fingerprint density at radius 2 is 1.68 bits per heavy atom. The molecular weight excluding hydrogens is 348 g/mol. The first kappa shape index (κ1) is 19.5. The highest BCUT2D eigenvalue weighted by Gasteiger charge is 2.05. The van der Waals surface area contributed by atoms with Crippen LogP contribution >= 0.6 is 0 Å². The molecule has 0 atom stereocenters. The minimum absolute atomic E-state index is 0.0723. The van der Waals surface area contributed by atoms with Crippen LogP contribution in [-0.4, -0.2) is 19.1 Å². The number of nitrogens with one attached hydrogen (secondary N) is 2. The Balaban J connectivity index is 1.43. The van der Waals surface area contributed by atoms with Crippen molar-refractivity contribution in [1.82, 2.24) is 0 Å². The van der Waals surface area contributed by atoms with Crippen molar-refractivity contribution in [3.05, 3.63) is 89.5 Å². The Morgan fingerprint density at radius 1 is 0.929 bits per heavy atom. The van der Waals surface area contributed by atoms with E-state index in [0.29, 0.717) is 6.61 Å². The van der Waals surface area contributed by atoms with Crippen LogP contribution in [0.2, 0.25) is 0 Å². The summed E-state index contributed by atoms with van der Waals surface area (Å²) in [5.41, 5.74) is 5.17. The highest BCUT2D eigenvalue weighted by molar-refractivity contribution is 5.94. The number of hydrogen-bond donors (Lipinski definition) is 2. The molecule has 0 aromatic heterocycles. The molecule has 0 heterocycles. The van der Waals surface area contributed by atoms with Gasteiger partial charge in [-0.05, 0) is 60.9 Å². The number of benzene rings is 3. The van der Waals surface area contributed by atoms with Crippen molar-refractivity contribution in [3.8, 4) is 5.75 Å². The van der Waals surface area contributed by atoms with E-state index in [-0.39, 0.29) is 12.5 Å². The van der Waals surface area contributed by atoms with Crippen LogP contribution in [0.15, 0.2) is 72.8 Å².